The van der Waals surface area contributed by atoms with Crippen LogP contribution in [0.1, 0.15) is 21.5 Å². The molecule has 0 atom stereocenters. The SMILES string of the molecule is COC(=O)c1c(CCl)ccc(C#N)c1OC(F)F. The summed E-state index contributed by atoms with van der Waals surface area (Å²) < 4.78 is 33.3. The van der Waals surface area contributed by atoms with Crippen molar-refractivity contribution in [3.63, 3.8) is 0 Å². The minimum Gasteiger partial charge on any atom is -0.465 e. The summed E-state index contributed by atoms with van der Waals surface area (Å²) in [5, 5.41) is 8.81. The Kier molecular flexibility index (Phi) is 4.86. The van der Waals surface area contributed by atoms with Crippen molar-refractivity contribution >= 4 is 17.6 Å². The molecule has 1 aromatic rings. The number of benzene rings is 1. The van der Waals surface area contributed by atoms with E-state index in [0.29, 0.717) is 0 Å². The van der Waals surface area contributed by atoms with Crippen LogP contribution in [0.4, 0.5) is 8.78 Å². The predicted octanol–water partition coefficient (Wildman–Crippen LogP) is 2.69. The third-order valence-electron chi connectivity index (χ3n) is 2.10. The van der Waals surface area contributed by atoms with Gasteiger partial charge in [-0.3, -0.25) is 0 Å². The highest BCUT2D eigenvalue weighted by atomic mass is 35.5. The van der Waals surface area contributed by atoms with Crippen LogP contribution in [0.3, 0.4) is 0 Å². The van der Waals surface area contributed by atoms with Gasteiger partial charge in [0.05, 0.1) is 12.7 Å². The molecule has 7 heteroatoms. The number of alkyl halides is 3. The van der Waals surface area contributed by atoms with E-state index in [0.717, 1.165) is 7.11 Å². The summed E-state index contributed by atoms with van der Waals surface area (Å²) in [4.78, 5) is 11.5. The van der Waals surface area contributed by atoms with Crippen LogP contribution in [-0.4, -0.2) is 19.7 Å². The highest BCUT2D eigenvalue weighted by molar-refractivity contribution is 6.17. The standard InChI is InChI=1S/C11H8ClF2NO3/c1-17-10(16)8-6(4-12)2-3-7(5-15)9(8)18-11(13)14/h2-3,11H,4H2,1H3. The van der Waals surface area contributed by atoms with E-state index in [-0.39, 0.29) is 22.6 Å². The first-order valence-corrected chi connectivity index (χ1v) is 5.23. The van der Waals surface area contributed by atoms with Gasteiger partial charge in [-0.25, -0.2) is 4.79 Å². The van der Waals surface area contributed by atoms with Crippen molar-refractivity contribution in [1.29, 1.82) is 5.26 Å². The maximum Gasteiger partial charge on any atom is 0.387 e. The molecule has 0 radical (unpaired) electrons. The van der Waals surface area contributed by atoms with Crippen molar-refractivity contribution in [1.82, 2.24) is 0 Å². The molecular weight excluding hydrogens is 268 g/mol. The molecule has 0 saturated carbocycles. The minimum atomic E-state index is -3.16. The van der Waals surface area contributed by atoms with Gasteiger partial charge >= 0.3 is 12.6 Å². The van der Waals surface area contributed by atoms with E-state index in [1.807, 2.05) is 0 Å². The fraction of sp³-hybridized carbons (Fsp3) is 0.273. The van der Waals surface area contributed by atoms with Gasteiger partial charge < -0.3 is 9.47 Å². The number of carbonyl (C=O) groups is 1. The Morgan fingerprint density at radius 2 is 2.22 bits per heavy atom. The number of hydrogen-bond acceptors (Lipinski definition) is 4. The third kappa shape index (κ3) is 2.87. The van der Waals surface area contributed by atoms with Gasteiger partial charge in [-0.05, 0) is 11.6 Å². The molecule has 0 spiro atoms. The Bertz CT molecular complexity index is 500. The van der Waals surface area contributed by atoms with Crippen LogP contribution in [0.15, 0.2) is 12.1 Å². The molecule has 0 heterocycles. The molecular formula is C11H8ClF2NO3. The lowest BCUT2D eigenvalue weighted by Gasteiger charge is -2.13. The van der Waals surface area contributed by atoms with E-state index in [1.54, 1.807) is 6.07 Å². The Morgan fingerprint density at radius 1 is 1.56 bits per heavy atom. The summed E-state index contributed by atoms with van der Waals surface area (Å²) in [5.41, 5.74) is -0.199. The molecule has 0 bridgehead atoms. The van der Waals surface area contributed by atoms with Crippen molar-refractivity contribution in [3.8, 4) is 11.8 Å². The van der Waals surface area contributed by atoms with Crippen molar-refractivity contribution in [2.24, 2.45) is 0 Å². The molecule has 1 rings (SSSR count). The van der Waals surface area contributed by atoms with E-state index in [9.17, 15) is 13.6 Å². The zero-order valence-electron chi connectivity index (χ0n) is 9.25. The van der Waals surface area contributed by atoms with Gasteiger partial charge in [0.15, 0.2) is 5.75 Å². The zero-order chi connectivity index (χ0) is 13.7. The first-order valence-electron chi connectivity index (χ1n) is 4.70. The quantitative estimate of drug-likeness (QED) is 0.626. The highest BCUT2D eigenvalue weighted by Crippen LogP contribution is 2.30. The Morgan fingerprint density at radius 3 is 2.67 bits per heavy atom. The van der Waals surface area contributed by atoms with Crippen molar-refractivity contribution < 1.29 is 23.0 Å². The predicted molar refractivity (Wildman–Crippen MR) is 58.7 cm³/mol. The Hall–Kier alpha value is -1.87. The summed E-state index contributed by atoms with van der Waals surface area (Å²) in [6.07, 6.45) is 0. The smallest absolute Gasteiger partial charge is 0.387 e. The summed E-state index contributed by atoms with van der Waals surface area (Å²) in [6.45, 7) is -3.16. The van der Waals surface area contributed by atoms with Crippen LogP contribution in [-0.2, 0) is 10.6 Å². The van der Waals surface area contributed by atoms with Gasteiger partial charge in [0.1, 0.15) is 11.6 Å². The lowest BCUT2D eigenvalue weighted by atomic mass is 10.0. The number of nitrogens with zero attached hydrogens (tertiary/aromatic N) is 1. The first kappa shape index (κ1) is 14.2. The third-order valence-corrected chi connectivity index (χ3v) is 2.39. The molecule has 0 aliphatic heterocycles. The average Bonchev–Trinajstić information content (AvgIpc) is 2.36. The number of halogens is 3. The molecule has 0 saturated heterocycles. The number of methoxy groups -OCH3 is 1. The second-order valence-electron chi connectivity index (χ2n) is 3.09. The van der Waals surface area contributed by atoms with Crippen LogP contribution in [0.2, 0.25) is 0 Å². The highest BCUT2D eigenvalue weighted by Gasteiger charge is 2.23. The molecule has 0 aliphatic carbocycles. The van der Waals surface area contributed by atoms with Gasteiger partial charge in [0.2, 0.25) is 0 Å². The maximum atomic E-state index is 12.3. The topological polar surface area (TPSA) is 59.3 Å². The van der Waals surface area contributed by atoms with E-state index >= 15 is 0 Å². The van der Waals surface area contributed by atoms with Crippen LogP contribution in [0, 0.1) is 11.3 Å². The van der Waals surface area contributed by atoms with Crippen molar-refractivity contribution in [2.75, 3.05) is 7.11 Å². The molecule has 0 fully saturated rings. The summed E-state index contributed by atoms with van der Waals surface area (Å²) in [7, 11) is 1.09. The summed E-state index contributed by atoms with van der Waals surface area (Å²) in [6, 6.07) is 4.30. The van der Waals surface area contributed by atoms with E-state index in [4.69, 9.17) is 16.9 Å². The van der Waals surface area contributed by atoms with E-state index < -0.39 is 18.3 Å². The van der Waals surface area contributed by atoms with Crippen molar-refractivity contribution in [3.05, 3.63) is 28.8 Å². The van der Waals surface area contributed by atoms with E-state index in [2.05, 4.69) is 9.47 Å². The number of rotatable bonds is 4. The minimum absolute atomic E-state index is 0.101. The van der Waals surface area contributed by atoms with Crippen LogP contribution < -0.4 is 4.74 Å². The molecule has 0 aromatic heterocycles. The number of esters is 1. The van der Waals surface area contributed by atoms with Crippen LogP contribution in [0.5, 0.6) is 5.75 Å². The van der Waals surface area contributed by atoms with Gasteiger partial charge in [-0.15, -0.1) is 11.6 Å². The Labute approximate surface area is 107 Å². The van der Waals surface area contributed by atoms with Crippen LogP contribution >= 0.6 is 11.6 Å². The Balaban J connectivity index is 3.48. The van der Waals surface area contributed by atoms with Gasteiger partial charge in [-0.2, -0.15) is 14.0 Å². The molecule has 0 aliphatic rings. The summed E-state index contributed by atoms with van der Waals surface area (Å²) >= 11 is 5.60. The van der Waals surface area contributed by atoms with Crippen molar-refractivity contribution in [2.45, 2.75) is 12.5 Å². The maximum absolute atomic E-state index is 12.3. The molecule has 0 amide bonds. The zero-order valence-corrected chi connectivity index (χ0v) is 10.0. The average molecular weight is 276 g/mol. The largest absolute Gasteiger partial charge is 0.465 e. The molecule has 1 aromatic carbocycles. The van der Waals surface area contributed by atoms with Crippen LogP contribution in [0.25, 0.3) is 0 Å². The molecule has 0 unspecified atom stereocenters. The van der Waals surface area contributed by atoms with E-state index in [1.165, 1.54) is 12.1 Å². The second-order valence-corrected chi connectivity index (χ2v) is 3.36. The first-order chi connectivity index (χ1) is 8.54. The summed E-state index contributed by atoms with van der Waals surface area (Å²) in [5.74, 6) is -1.51. The van der Waals surface area contributed by atoms with Gasteiger partial charge in [0, 0.05) is 5.88 Å². The normalized spacial score (nSPS) is 10.0. The van der Waals surface area contributed by atoms with Gasteiger partial charge in [0.25, 0.3) is 0 Å². The fourth-order valence-corrected chi connectivity index (χ4v) is 1.58. The second kappa shape index (κ2) is 6.17. The number of carbonyl (C=O) groups excluding carboxylic acids is 1. The fourth-order valence-electron chi connectivity index (χ4n) is 1.36. The van der Waals surface area contributed by atoms with Gasteiger partial charge in [-0.1, -0.05) is 6.07 Å². The number of ether oxygens (including phenoxy) is 2. The molecule has 0 N–H and O–H groups in total. The molecule has 18 heavy (non-hydrogen) atoms. The lowest BCUT2D eigenvalue weighted by Crippen LogP contribution is -2.13. The monoisotopic (exact) mass is 275 g/mol. The molecule has 4 nitrogen and oxygen atoms in total. The molecule has 96 valence electrons. The number of nitriles is 1. The number of hydrogen-bond donors (Lipinski definition) is 0. The lowest BCUT2D eigenvalue weighted by molar-refractivity contribution is -0.0506.